The van der Waals surface area contributed by atoms with Crippen LogP contribution in [0.2, 0.25) is 0 Å². The third kappa shape index (κ3) is 6.70. The van der Waals surface area contributed by atoms with Crippen molar-refractivity contribution in [2.24, 2.45) is 0 Å². The summed E-state index contributed by atoms with van der Waals surface area (Å²) in [5, 5.41) is 43.9. The van der Waals surface area contributed by atoms with Gasteiger partial charge in [-0.2, -0.15) is 0 Å². The van der Waals surface area contributed by atoms with Crippen LogP contribution < -0.4 is 5.32 Å². The maximum Gasteiger partial charge on any atom is 0.335 e. The van der Waals surface area contributed by atoms with Crippen molar-refractivity contribution in [3.63, 3.8) is 0 Å². The van der Waals surface area contributed by atoms with Gasteiger partial charge in [-0.1, -0.05) is 6.42 Å². The van der Waals surface area contributed by atoms with E-state index >= 15 is 0 Å². The maximum absolute atomic E-state index is 10.3. The average molecular weight is 279 g/mol. The van der Waals surface area contributed by atoms with Crippen LogP contribution in [0, 0.1) is 0 Å². The molecule has 1 heterocycles. The molecule has 9 nitrogen and oxygen atoms in total. The largest absolute Gasteiger partial charge is 0.480 e. The highest BCUT2D eigenvalue weighted by molar-refractivity contribution is 5.83. The zero-order valence-electron chi connectivity index (χ0n) is 10.0. The van der Waals surface area contributed by atoms with Crippen LogP contribution in [0.3, 0.4) is 0 Å². The molecular weight excluding hydrogens is 262 g/mol. The zero-order chi connectivity index (χ0) is 15.0. The number of rotatable bonds is 4. The van der Waals surface area contributed by atoms with Crippen LogP contribution >= 0.6 is 0 Å². The van der Waals surface area contributed by atoms with Crippen molar-refractivity contribution >= 4 is 17.9 Å². The molecule has 0 aliphatic carbocycles. The highest BCUT2D eigenvalue weighted by Crippen LogP contribution is 2.05. The highest BCUT2D eigenvalue weighted by atomic mass is 16.4. The number of carboxylic acids is 3. The summed E-state index contributed by atoms with van der Waals surface area (Å²) in [6.45, 7) is 0.858. The van der Waals surface area contributed by atoms with E-state index in [9.17, 15) is 14.4 Å². The molecule has 0 bridgehead atoms. The lowest BCUT2D eigenvalue weighted by Crippen LogP contribution is -2.40. The summed E-state index contributed by atoms with van der Waals surface area (Å²) in [7, 11) is 0. The topological polar surface area (TPSA) is 164 Å². The van der Waals surface area contributed by atoms with Gasteiger partial charge in [0.05, 0.1) is 0 Å². The van der Waals surface area contributed by atoms with Gasteiger partial charge in [-0.25, -0.2) is 9.59 Å². The van der Waals surface area contributed by atoms with Crippen LogP contribution in [0.4, 0.5) is 0 Å². The number of aliphatic hydroxyl groups is 2. The second-order valence-electron chi connectivity index (χ2n) is 3.91. The van der Waals surface area contributed by atoms with E-state index in [1.54, 1.807) is 0 Å². The molecule has 0 aromatic carbocycles. The molecule has 1 saturated heterocycles. The second kappa shape index (κ2) is 8.40. The number of carbonyl (C=O) groups is 3. The Hall–Kier alpha value is -1.71. The van der Waals surface area contributed by atoms with E-state index in [0.29, 0.717) is 0 Å². The summed E-state index contributed by atoms with van der Waals surface area (Å²) in [5.74, 6) is -4.25. The molecule has 0 saturated carbocycles. The highest BCUT2D eigenvalue weighted by Gasteiger charge is 2.29. The van der Waals surface area contributed by atoms with Gasteiger partial charge in [-0.3, -0.25) is 4.79 Å². The van der Waals surface area contributed by atoms with Crippen LogP contribution in [-0.4, -0.2) is 68.2 Å². The third-order valence-corrected chi connectivity index (χ3v) is 2.41. The number of hydrogen-bond donors (Lipinski definition) is 6. The molecule has 110 valence electrons. The molecule has 0 aromatic heterocycles. The van der Waals surface area contributed by atoms with E-state index in [2.05, 4.69) is 5.32 Å². The smallest absolute Gasteiger partial charge is 0.335 e. The number of aliphatic hydroxyl groups excluding tert-OH is 2. The van der Waals surface area contributed by atoms with Gasteiger partial charge in [-0.05, 0) is 19.4 Å². The van der Waals surface area contributed by atoms with Gasteiger partial charge in [0.2, 0.25) is 0 Å². The van der Waals surface area contributed by atoms with Crippen LogP contribution in [0.15, 0.2) is 0 Å². The number of hydrogen-bond acceptors (Lipinski definition) is 6. The van der Waals surface area contributed by atoms with E-state index in [4.69, 9.17) is 25.5 Å². The predicted molar refractivity (Wildman–Crippen MR) is 60.6 cm³/mol. The molecule has 2 unspecified atom stereocenters. The summed E-state index contributed by atoms with van der Waals surface area (Å²) in [4.78, 5) is 29.8. The lowest BCUT2D eigenvalue weighted by atomic mass is 10.1. The van der Waals surface area contributed by atoms with Crippen LogP contribution in [-0.2, 0) is 14.4 Å². The van der Waals surface area contributed by atoms with Gasteiger partial charge < -0.3 is 30.8 Å². The zero-order valence-corrected chi connectivity index (χ0v) is 10.0. The minimum absolute atomic E-state index is 0.279. The van der Waals surface area contributed by atoms with Crippen molar-refractivity contribution in [2.45, 2.75) is 37.5 Å². The molecule has 1 fully saturated rings. The fraction of sp³-hybridized carbons (Fsp3) is 0.700. The molecule has 19 heavy (non-hydrogen) atoms. The van der Waals surface area contributed by atoms with Gasteiger partial charge in [-0.15, -0.1) is 0 Å². The quantitative estimate of drug-likeness (QED) is 0.344. The predicted octanol–water partition coefficient (Wildman–Crippen LogP) is -1.91. The molecule has 1 aliphatic rings. The van der Waals surface area contributed by atoms with Gasteiger partial charge in [0.25, 0.3) is 0 Å². The van der Waals surface area contributed by atoms with Crippen molar-refractivity contribution in [3.8, 4) is 0 Å². The molecule has 0 spiro atoms. The lowest BCUT2D eigenvalue weighted by Gasteiger charge is -2.18. The SMILES string of the molecule is O=C(O)C(O)C(O)C(=O)O.O=C(O)[C@@H]1CCCCN1. The fourth-order valence-corrected chi connectivity index (χ4v) is 1.33. The maximum atomic E-state index is 10.3. The van der Waals surface area contributed by atoms with Crippen LogP contribution in [0.1, 0.15) is 19.3 Å². The summed E-state index contributed by atoms with van der Waals surface area (Å²) < 4.78 is 0. The minimum atomic E-state index is -2.27. The number of piperidine rings is 1. The van der Waals surface area contributed by atoms with Crippen LogP contribution in [0.5, 0.6) is 0 Å². The minimum Gasteiger partial charge on any atom is -0.480 e. The Morgan fingerprint density at radius 1 is 0.947 bits per heavy atom. The van der Waals surface area contributed by atoms with Crippen LogP contribution in [0.25, 0.3) is 0 Å². The monoisotopic (exact) mass is 279 g/mol. The first kappa shape index (κ1) is 17.3. The Balaban J connectivity index is 0.000000342. The third-order valence-electron chi connectivity index (χ3n) is 2.41. The molecule has 0 radical (unpaired) electrons. The second-order valence-corrected chi connectivity index (χ2v) is 3.91. The van der Waals surface area contributed by atoms with Crippen molar-refractivity contribution < 1.29 is 39.9 Å². The van der Waals surface area contributed by atoms with Crippen molar-refractivity contribution in [2.75, 3.05) is 6.54 Å². The van der Waals surface area contributed by atoms with E-state index in [1.807, 2.05) is 0 Å². The molecule has 3 atom stereocenters. The Kier molecular flexibility index (Phi) is 7.65. The first-order valence-corrected chi connectivity index (χ1v) is 5.55. The Bertz CT molecular complexity index is 307. The van der Waals surface area contributed by atoms with E-state index in [1.165, 1.54) is 0 Å². The Morgan fingerprint density at radius 2 is 1.42 bits per heavy atom. The molecule has 0 aromatic rings. The van der Waals surface area contributed by atoms with E-state index < -0.39 is 30.1 Å². The number of carboxylic acid groups (broad SMARTS) is 3. The summed E-state index contributed by atoms with van der Waals surface area (Å²) >= 11 is 0. The Morgan fingerprint density at radius 3 is 1.63 bits per heavy atom. The normalized spacial score (nSPS) is 21.5. The molecule has 6 N–H and O–H groups in total. The van der Waals surface area contributed by atoms with Crippen molar-refractivity contribution in [1.29, 1.82) is 0 Å². The molecule has 1 aliphatic heterocycles. The molecular formula is C10H17NO8. The van der Waals surface area contributed by atoms with Gasteiger partial charge >= 0.3 is 17.9 Å². The average Bonchev–Trinajstić information content (AvgIpc) is 2.38. The van der Waals surface area contributed by atoms with Crippen molar-refractivity contribution in [3.05, 3.63) is 0 Å². The van der Waals surface area contributed by atoms with Gasteiger partial charge in [0, 0.05) is 0 Å². The number of aliphatic carboxylic acids is 3. The van der Waals surface area contributed by atoms with Gasteiger partial charge in [0.15, 0.2) is 12.2 Å². The summed E-state index contributed by atoms with van der Waals surface area (Å²) in [5.41, 5.74) is 0. The fourth-order valence-electron chi connectivity index (χ4n) is 1.33. The van der Waals surface area contributed by atoms with Crippen molar-refractivity contribution in [1.82, 2.24) is 5.32 Å². The first-order valence-electron chi connectivity index (χ1n) is 5.55. The van der Waals surface area contributed by atoms with E-state index in [0.717, 1.165) is 25.8 Å². The van der Waals surface area contributed by atoms with E-state index in [-0.39, 0.29) is 6.04 Å². The first-order chi connectivity index (χ1) is 8.77. The lowest BCUT2D eigenvalue weighted by molar-refractivity contribution is -0.165. The molecule has 1 rings (SSSR count). The summed E-state index contributed by atoms with van der Waals surface area (Å²) in [6.07, 6.45) is -1.58. The van der Waals surface area contributed by atoms with Gasteiger partial charge in [0.1, 0.15) is 6.04 Å². The summed E-state index contributed by atoms with van der Waals surface area (Å²) in [6, 6.07) is -0.279. The molecule has 9 heteroatoms. The molecule has 0 amide bonds. The number of nitrogens with one attached hydrogen (secondary N) is 1. The Labute approximate surface area is 108 Å². The standard InChI is InChI=1S/C6H11NO2.C4H6O6/c8-6(9)5-3-1-2-4-7-5;5-1(3(7)8)2(6)4(9)10/h5,7H,1-4H2,(H,8,9);1-2,5-6H,(H,7,8)(H,9,10)/t5-;/m0./s1.